The molecule has 2 heterocycles. The number of carbonyl (C=O) groups is 1. The number of amides is 1. The van der Waals surface area contributed by atoms with E-state index in [1.54, 1.807) is 0 Å². The zero-order valence-electron chi connectivity index (χ0n) is 12.5. The standard InChI is InChI=1S/C15H24N4O/c1-10-7-11(2)19-14(12(10)13(16)20)18-9-15(3)5-4-6-17-8-15/h7,17H,4-6,8-9H2,1-3H3,(H2,16,20)(H,18,19). The van der Waals surface area contributed by atoms with Crippen molar-refractivity contribution >= 4 is 11.7 Å². The number of hydrogen-bond donors (Lipinski definition) is 3. The lowest BCUT2D eigenvalue weighted by atomic mass is 9.83. The van der Waals surface area contributed by atoms with Gasteiger partial charge in [0.2, 0.25) is 0 Å². The summed E-state index contributed by atoms with van der Waals surface area (Å²) in [5.74, 6) is 0.186. The topological polar surface area (TPSA) is 80.0 Å². The number of primary amides is 1. The van der Waals surface area contributed by atoms with Gasteiger partial charge < -0.3 is 16.4 Å². The van der Waals surface area contributed by atoms with E-state index >= 15 is 0 Å². The van der Waals surface area contributed by atoms with Gasteiger partial charge in [0.05, 0.1) is 5.56 Å². The van der Waals surface area contributed by atoms with Crippen LogP contribution in [-0.2, 0) is 0 Å². The van der Waals surface area contributed by atoms with Gasteiger partial charge in [-0.25, -0.2) is 4.98 Å². The molecule has 1 aliphatic heterocycles. The van der Waals surface area contributed by atoms with E-state index in [1.165, 1.54) is 12.8 Å². The maximum Gasteiger partial charge on any atom is 0.252 e. The highest BCUT2D eigenvalue weighted by Crippen LogP contribution is 2.27. The average molecular weight is 276 g/mol. The molecule has 0 aliphatic carbocycles. The van der Waals surface area contributed by atoms with Crippen molar-refractivity contribution < 1.29 is 4.79 Å². The van der Waals surface area contributed by atoms with Gasteiger partial charge in [-0.15, -0.1) is 0 Å². The van der Waals surface area contributed by atoms with E-state index in [0.717, 1.165) is 30.9 Å². The van der Waals surface area contributed by atoms with Crippen molar-refractivity contribution in [1.29, 1.82) is 0 Å². The Morgan fingerprint density at radius 2 is 2.30 bits per heavy atom. The minimum Gasteiger partial charge on any atom is -0.369 e. The molecular weight excluding hydrogens is 252 g/mol. The van der Waals surface area contributed by atoms with Crippen LogP contribution in [0.5, 0.6) is 0 Å². The molecular formula is C15H24N4O. The van der Waals surface area contributed by atoms with E-state index in [9.17, 15) is 4.79 Å². The lowest BCUT2D eigenvalue weighted by molar-refractivity contribution is 0.1000. The summed E-state index contributed by atoms with van der Waals surface area (Å²) in [5, 5.41) is 6.75. The molecule has 4 N–H and O–H groups in total. The summed E-state index contributed by atoms with van der Waals surface area (Å²) in [6.45, 7) is 8.92. The molecule has 0 aromatic carbocycles. The van der Waals surface area contributed by atoms with E-state index in [0.29, 0.717) is 11.4 Å². The maximum absolute atomic E-state index is 11.6. The number of aromatic nitrogens is 1. The number of aryl methyl sites for hydroxylation is 2. The summed E-state index contributed by atoms with van der Waals surface area (Å²) in [7, 11) is 0. The minimum atomic E-state index is -0.426. The molecule has 5 nitrogen and oxygen atoms in total. The Kier molecular flexibility index (Phi) is 4.28. The monoisotopic (exact) mass is 276 g/mol. The van der Waals surface area contributed by atoms with Gasteiger partial charge in [-0.1, -0.05) is 6.92 Å². The molecule has 1 unspecified atom stereocenters. The van der Waals surface area contributed by atoms with Crippen molar-refractivity contribution in [3.8, 4) is 0 Å². The highest BCUT2D eigenvalue weighted by molar-refractivity contribution is 5.99. The molecule has 1 aromatic rings. The van der Waals surface area contributed by atoms with Gasteiger partial charge >= 0.3 is 0 Å². The third-order valence-corrected chi connectivity index (χ3v) is 3.96. The van der Waals surface area contributed by atoms with Crippen molar-refractivity contribution in [2.75, 3.05) is 25.0 Å². The number of hydrogen-bond acceptors (Lipinski definition) is 4. The van der Waals surface area contributed by atoms with Crippen LogP contribution in [0.3, 0.4) is 0 Å². The summed E-state index contributed by atoms with van der Waals surface area (Å²) in [6.07, 6.45) is 2.35. The zero-order valence-corrected chi connectivity index (χ0v) is 12.5. The smallest absolute Gasteiger partial charge is 0.252 e. The largest absolute Gasteiger partial charge is 0.369 e. The quantitative estimate of drug-likeness (QED) is 0.780. The van der Waals surface area contributed by atoms with Crippen LogP contribution in [-0.4, -0.2) is 30.5 Å². The van der Waals surface area contributed by atoms with Gasteiger partial charge in [-0.3, -0.25) is 4.79 Å². The highest BCUT2D eigenvalue weighted by Gasteiger charge is 2.27. The van der Waals surface area contributed by atoms with Crippen LogP contribution in [0.1, 0.15) is 41.4 Å². The Hall–Kier alpha value is -1.62. The Balaban J connectivity index is 2.18. The second kappa shape index (κ2) is 5.79. The molecule has 1 saturated heterocycles. The Labute approximate surface area is 120 Å². The van der Waals surface area contributed by atoms with Gasteiger partial charge in [0.15, 0.2) is 0 Å². The van der Waals surface area contributed by atoms with Crippen LogP contribution in [0.25, 0.3) is 0 Å². The van der Waals surface area contributed by atoms with Crippen LogP contribution in [0.4, 0.5) is 5.82 Å². The fraction of sp³-hybridized carbons (Fsp3) is 0.600. The molecule has 0 spiro atoms. The van der Waals surface area contributed by atoms with Crippen LogP contribution < -0.4 is 16.4 Å². The Morgan fingerprint density at radius 3 is 2.90 bits per heavy atom. The number of nitrogens with one attached hydrogen (secondary N) is 2. The maximum atomic E-state index is 11.6. The average Bonchev–Trinajstić information content (AvgIpc) is 2.36. The molecule has 1 fully saturated rings. The first-order valence-electron chi connectivity index (χ1n) is 7.14. The van der Waals surface area contributed by atoms with Crippen LogP contribution in [0.15, 0.2) is 6.07 Å². The van der Waals surface area contributed by atoms with Crippen LogP contribution in [0, 0.1) is 19.3 Å². The molecule has 0 saturated carbocycles. The van der Waals surface area contributed by atoms with Crippen molar-refractivity contribution in [2.45, 2.75) is 33.6 Å². The number of rotatable bonds is 4. The van der Waals surface area contributed by atoms with Crippen molar-refractivity contribution in [3.63, 3.8) is 0 Å². The molecule has 1 atom stereocenters. The molecule has 0 bridgehead atoms. The number of nitrogens with zero attached hydrogens (tertiary/aromatic N) is 1. The van der Waals surface area contributed by atoms with E-state index in [2.05, 4.69) is 22.5 Å². The first-order chi connectivity index (χ1) is 9.41. The molecule has 1 amide bonds. The van der Waals surface area contributed by atoms with Crippen LogP contribution in [0.2, 0.25) is 0 Å². The van der Waals surface area contributed by atoms with Crippen LogP contribution >= 0.6 is 0 Å². The van der Waals surface area contributed by atoms with E-state index in [-0.39, 0.29) is 5.41 Å². The molecule has 5 heteroatoms. The second-order valence-corrected chi connectivity index (χ2v) is 6.11. The fourth-order valence-electron chi connectivity index (χ4n) is 2.84. The number of piperidine rings is 1. The number of carbonyl (C=O) groups excluding carboxylic acids is 1. The number of pyridine rings is 1. The molecule has 0 radical (unpaired) electrons. The van der Waals surface area contributed by atoms with Gasteiger partial charge in [-0.2, -0.15) is 0 Å². The first-order valence-corrected chi connectivity index (χ1v) is 7.14. The third-order valence-electron chi connectivity index (χ3n) is 3.96. The predicted molar refractivity (Wildman–Crippen MR) is 80.9 cm³/mol. The van der Waals surface area contributed by atoms with Crippen molar-refractivity contribution in [1.82, 2.24) is 10.3 Å². The van der Waals surface area contributed by atoms with E-state index in [4.69, 9.17) is 5.73 Å². The lowest BCUT2D eigenvalue weighted by Crippen LogP contribution is -2.42. The molecule has 20 heavy (non-hydrogen) atoms. The lowest BCUT2D eigenvalue weighted by Gasteiger charge is -2.34. The minimum absolute atomic E-state index is 0.187. The molecule has 110 valence electrons. The third kappa shape index (κ3) is 3.28. The zero-order chi connectivity index (χ0) is 14.8. The first kappa shape index (κ1) is 14.8. The number of nitrogens with two attached hydrogens (primary N) is 1. The predicted octanol–water partition coefficient (Wildman–Crippen LogP) is 1.60. The van der Waals surface area contributed by atoms with E-state index in [1.807, 2.05) is 19.9 Å². The summed E-state index contributed by atoms with van der Waals surface area (Å²) >= 11 is 0. The highest BCUT2D eigenvalue weighted by atomic mass is 16.1. The molecule has 1 aliphatic rings. The van der Waals surface area contributed by atoms with Gasteiger partial charge in [0.25, 0.3) is 5.91 Å². The van der Waals surface area contributed by atoms with E-state index < -0.39 is 5.91 Å². The molecule has 2 rings (SSSR count). The van der Waals surface area contributed by atoms with Crippen molar-refractivity contribution in [2.24, 2.45) is 11.1 Å². The normalized spacial score (nSPS) is 22.6. The fourth-order valence-corrected chi connectivity index (χ4v) is 2.84. The second-order valence-electron chi connectivity index (χ2n) is 6.11. The van der Waals surface area contributed by atoms with Gasteiger partial charge in [0.1, 0.15) is 5.82 Å². The van der Waals surface area contributed by atoms with Gasteiger partial charge in [-0.05, 0) is 50.3 Å². The summed E-state index contributed by atoms with van der Waals surface area (Å²) in [5.41, 5.74) is 7.93. The Morgan fingerprint density at radius 1 is 1.55 bits per heavy atom. The Bertz CT molecular complexity index is 507. The summed E-state index contributed by atoms with van der Waals surface area (Å²) in [6, 6.07) is 1.88. The number of anilines is 1. The van der Waals surface area contributed by atoms with Gasteiger partial charge in [0, 0.05) is 18.8 Å². The summed E-state index contributed by atoms with van der Waals surface area (Å²) < 4.78 is 0. The SMILES string of the molecule is Cc1cc(C)c(C(N)=O)c(NCC2(C)CCCNC2)n1. The van der Waals surface area contributed by atoms with Crippen molar-refractivity contribution in [3.05, 3.63) is 22.9 Å². The summed E-state index contributed by atoms with van der Waals surface area (Å²) in [4.78, 5) is 16.1. The molecule has 1 aromatic heterocycles.